The van der Waals surface area contributed by atoms with E-state index in [4.69, 9.17) is 0 Å². The third-order valence-electron chi connectivity index (χ3n) is 2.48. The smallest absolute Gasteiger partial charge is 0.0367 e. The third-order valence-corrected chi connectivity index (χ3v) is 3.01. The Morgan fingerprint density at radius 3 is 1.87 bits per heavy atom. The van der Waals surface area contributed by atoms with Crippen LogP contribution in [0.2, 0.25) is 0 Å². The molecule has 1 unspecified atom stereocenters. The first kappa shape index (κ1) is 10.4. The molecule has 0 aliphatic heterocycles. The molecule has 0 spiro atoms. The van der Waals surface area contributed by atoms with Crippen LogP contribution < -0.4 is 0 Å². The summed E-state index contributed by atoms with van der Waals surface area (Å²) in [7, 11) is 0. The van der Waals surface area contributed by atoms with Crippen molar-refractivity contribution in [1.82, 2.24) is 0 Å². The van der Waals surface area contributed by atoms with E-state index in [1.54, 1.807) is 0 Å². The van der Waals surface area contributed by atoms with Gasteiger partial charge in [-0.25, -0.2) is 0 Å². The second kappa shape index (κ2) is 4.63. The molecule has 0 aliphatic carbocycles. The van der Waals surface area contributed by atoms with Crippen molar-refractivity contribution in [2.24, 2.45) is 0 Å². The number of halogens is 1. The summed E-state index contributed by atoms with van der Waals surface area (Å²) in [6.45, 7) is 2.14. The van der Waals surface area contributed by atoms with E-state index in [9.17, 15) is 0 Å². The monoisotopic (exact) mass is 260 g/mol. The van der Waals surface area contributed by atoms with Gasteiger partial charge < -0.3 is 0 Å². The van der Waals surface area contributed by atoms with E-state index in [1.165, 1.54) is 16.7 Å². The highest BCUT2D eigenvalue weighted by molar-refractivity contribution is 9.09. The minimum absolute atomic E-state index is 0.419. The van der Waals surface area contributed by atoms with Crippen LogP contribution in [-0.2, 0) is 0 Å². The minimum atomic E-state index is 0.419. The molecule has 2 rings (SSSR count). The van der Waals surface area contributed by atoms with E-state index >= 15 is 0 Å². The molecule has 0 nitrogen and oxygen atoms in total. The Hall–Kier alpha value is -1.08. The highest BCUT2D eigenvalue weighted by atomic mass is 79.9. The van der Waals surface area contributed by atoms with Gasteiger partial charge in [0, 0.05) is 4.83 Å². The molecule has 0 saturated heterocycles. The van der Waals surface area contributed by atoms with Gasteiger partial charge in [0.1, 0.15) is 0 Å². The van der Waals surface area contributed by atoms with Crippen molar-refractivity contribution < 1.29 is 0 Å². The lowest BCUT2D eigenvalue weighted by Crippen LogP contribution is -1.83. The fourth-order valence-corrected chi connectivity index (χ4v) is 1.88. The van der Waals surface area contributed by atoms with Gasteiger partial charge in [-0.15, -0.1) is 0 Å². The van der Waals surface area contributed by atoms with Crippen LogP contribution in [0.15, 0.2) is 54.6 Å². The molecule has 0 fully saturated rings. The zero-order valence-corrected chi connectivity index (χ0v) is 10.2. The molecule has 0 aliphatic rings. The van der Waals surface area contributed by atoms with E-state index < -0.39 is 0 Å². The van der Waals surface area contributed by atoms with Crippen LogP contribution in [0.3, 0.4) is 0 Å². The van der Waals surface area contributed by atoms with Crippen molar-refractivity contribution in [2.75, 3.05) is 0 Å². The second-order valence-corrected chi connectivity index (χ2v) is 4.98. The molecule has 0 saturated carbocycles. The second-order valence-electron chi connectivity index (χ2n) is 3.60. The summed E-state index contributed by atoms with van der Waals surface area (Å²) >= 11 is 3.56. The minimum Gasteiger partial charge on any atom is -0.0842 e. The van der Waals surface area contributed by atoms with E-state index in [2.05, 4.69) is 71.4 Å². The topological polar surface area (TPSA) is 0 Å². The van der Waals surface area contributed by atoms with Gasteiger partial charge in [0.25, 0.3) is 0 Å². The van der Waals surface area contributed by atoms with Gasteiger partial charge >= 0.3 is 0 Å². The maximum Gasteiger partial charge on any atom is 0.0367 e. The maximum absolute atomic E-state index is 3.56. The first-order chi connectivity index (χ1) is 7.27. The van der Waals surface area contributed by atoms with Crippen molar-refractivity contribution >= 4 is 15.9 Å². The van der Waals surface area contributed by atoms with Crippen molar-refractivity contribution in [3.05, 3.63) is 60.2 Å². The SMILES string of the molecule is CC(Br)c1ccc(-c2ccccc2)cc1. The summed E-state index contributed by atoms with van der Waals surface area (Å²) < 4.78 is 0. The molecule has 0 radical (unpaired) electrons. The molecule has 0 bridgehead atoms. The molecular weight excluding hydrogens is 248 g/mol. The lowest BCUT2D eigenvalue weighted by molar-refractivity contribution is 1.12. The summed E-state index contributed by atoms with van der Waals surface area (Å²) in [5, 5.41) is 0. The van der Waals surface area contributed by atoms with Crippen LogP contribution in [0.1, 0.15) is 17.3 Å². The summed E-state index contributed by atoms with van der Waals surface area (Å²) in [6, 6.07) is 19.1. The lowest BCUT2D eigenvalue weighted by atomic mass is 10.0. The fraction of sp³-hybridized carbons (Fsp3) is 0.143. The van der Waals surface area contributed by atoms with Gasteiger partial charge in [-0.3, -0.25) is 0 Å². The number of alkyl halides is 1. The molecule has 1 atom stereocenters. The van der Waals surface area contributed by atoms with Gasteiger partial charge in [0.15, 0.2) is 0 Å². The van der Waals surface area contributed by atoms with E-state index in [0.717, 1.165) is 0 Å². The Morgan fingerprint density at radius 2 is 1.33 bits per heavy atom. The normalized spacial score (nSPS) is 12.4. The summed E-state index contributed by atoms with van der Waals surface area (Å²) in [6.07, 6.45) is 0. The first-order valence-corrected chi connectivity index (χ1v) is 5.98. The van der Waals surface area contributed by atoms with Gasteiger partial charge in [-0.1, -0.05) is 70.5 Å². The average molecular weight is 261 g/mol. The van der Waals surface area contributed by atoms with Crippen molar-refractivity contribution in [3.8, 4) is 11.1 Å². The number of benzene rings is 2. The van der Waals surface area contributed by atoms with Crippen LogP contribution in [0.4, 0.5) is 0 Å². The Morgan fingerprint density at radius 1 is 0.800 bits per heavy atom. The summed E-state index contributed by atoms with van der Waals surface area (Å²) in [5.41, 5.74) is 3.86. The zero-order valence-electron chi connectivity index (χ0n) is 8.65. The quantitative estimate of drug-likeness (QED) is 0.680. The van der Waals surface area contributed by atoms with Crippen LogP contribution in [0.5, 0.6) is 0 Å². The highest BCUT2D eigenvalue weighted by Gasteiger charge is 2.00. The molecule has 76 valence electrons. The zero-order chi connectivity index (χ0) is 10.7. The fourth-order valence-electron chi connectivity index (χ4n) is 1.57. The summed E-state index contributed by atoms with van der Waals surface area (Å²) in [5.74, 6) is 0. The van der Waals surface area contributed by atoms with Gasteiger partial charge in [0.05, 0.1) is 0 Å². The summed E-state index contributed by atoms with van der Waals surface area (Å²) in [4.78, 5) is 0.419. The van der Waals surface area contributed by atoms with Gasteiger partial charge in [-0.05, 0) is 23.6 Å². The van der Waals surface area contributed by atoms with Crippen molar-refractivity contribution in [2.45, 2.75) is 11.8 Å². The molecule has 0 heterocycles. The van der Waals surface area contributed by atoms with Crippen LogP contribution in [0.25, 0.3) is 11.1 Å². The first-order valence-electron chi connectivity index (χ1n) is 5.07. The van der Waals surface area contributed by atoms with E-state index in [1.807, 2.05) is 6.07 Å². The molecule has 0 aromatic heterocycles. The van der Waals surface area contributed by atoms with Crippen molar-refractivity contribution in [3.63, 3.8) is 0 Å². The van der Waals surface area contributed by atoms with E-state index in [0.29, 0.717) is 4.83 Å². The van der Waals surface area contributed by atoms with Crippen LogP contribution in [0, 0.1) is 0 Å². The Bertz CT molecular complexity index is 415. The molecule has 1 heteroatoms. The Kier molecular flexibility index (Phi) is 3.22. The third kappa shape index (κ3) is 2.48. The molecule has 15 heavy (non-hydrogen) atoms. The van der Waals surface area contributed by atoms with Crippen LogP contribution >= 0.6 is 15.9 Å². The van der Waals surface area contributed by atoms with Crippen molar-refractivity contribution in [1.29, 1.82) is 0 Å². The molecule has 2 aromatic rings. The number of hydrogen-bond donors (Lipinski definition) is 0. The highest BCUT2D eigenvalue weighted by Crippen LogP contribution is 2.25. The molecule has 2 aromatic carbocycles. The maximum atomic E-state index is 3.56. The predicted molar refractivity (Wildman–Crippen MR) is 69.2 cm³/mol. The average Bonchev–Trinajstić information content (AvgIpc) is 2.30. The number of hydrogen-bond acceptors (Lipinski definition) is 0. The molecular formula is C14H13Br. The molecule has 0 amide bonds. The van der Waals surface area contributed by atoms with Gasteiger partial charge in [0.2, 0.25) is 0 Å². The Labute approximate surface area is 99.1 Å². The lowest BCUT2D eigenvalue weighted by Gasteiger charge is -2.05. The van der Waals surface area contributed by atoms with Crippen LogP contribution in [-0.4, -0.2) is 0 Å². The predicted octanol–water partition coefficient (Wildman–Crippen LogP) is 4.81. The molecule has 0 N–H and O–H groups in total. The number of rotatable bonds is 2. The standard InChI is InChI=1S/C14H13Br/c1-11(15)12-7-9-14(10-8-12)13-5-3-2-4-6-13/h2-11H,1H3. The van der Waals surface area contributed by atoms with Gasteiger partial charge in [-0.2, -0.15) is 0 Å². The van der Waals surface area contributed by atoms with E-state index in [-0.39, 0.29) is 0 Å². The largest absolute Gasteiger partial charge is 0.0842 e. The Balaban J connectivity index is 2.32.